The van der Waals surface area contributed by atoms with Crippen LogP contribution in [0.15, 0.2) is 85.6 Å². The normalized spacial score (nSPS) is 10.8. The number of H-pyrrole nitrogens is 2. The average molecular weight is 556 g/mol. The molecule has 4 aromatic rings. The Morgan fingerprint density at radius 2 is 1.22 bits per heavy atom. The van der Waals surface area contributed by atoms with Crippen LogP contribution in [-0.2, 0) is 0 Å². The van der Waals surface area contributed by atoms with Gasteiger partial charge >= 0.3 is 17.3 Å². The standard InChI is InChI=1S/C28H20N4O9/c1-15(33)16-7-11-18(12-8-16)31-24(36)20(22(34)29-27(31)40)5-3-2-4-6-21-23(35)30-28(41)32(25(21)37)19-13-9-17(10-14-19)26(38)39/h2,4-14,36-37H,1H3,(H,38,39)(H,29,34,40)(H,30,35,41). The Kier molecular flexibility index (Phi) is 7.65. The minimum absolute atomic E-state index is 0.0473. The van der Waals surface area contributed by atoms with Crippen LogP contribution in [0, 0.1) is 0 Å². The summed E-state index contributed by atoms with van der Waals surface area (Å²) in [6, 6.07) is 10.8. The zero-order valence-corrected chi connectivity index (χ0v) is 21.1. The zero-order chi connectivity index (χ0) is 29.8. The molecule has 0 atom stereocenters. The maximum absolute atomic E-state index is 12.4. The molecular formula is C28H20N4O9. The maximum Gasteiger partial charge on any atom is 0.335 e. The zero-order valence-electron chi connectivity index (χ0n) is 21.1. The maximum atomic E-state index is 12.4. The van der Waals surface area contributed by atoms with Gasteiger partial charge in [0.15, 0.2) is 5.78 Å². The molecule has 13 heteroatoms. The first-order chi connectivity index (χ1) is 19.5. The second kappa shape index (κ2) is 11.3. The van der Waals surface area contributed by atoms with Crippen LogP contribution in [0.5, 0.6) is 11.8 Å². The van der Waals surface area contributed by atoms with E-state index in [1.54, 1.807) is 0 Å². The number of rotatable bonds is 7. The Morgan fingerprint density at radius 1 is 0.756 bits per heavy atom. The van der Waals surface area contributed by atoms with Gasteiger partial charge in [-0.25, -0.2) is 23.5 Å². The number of hydrogen-bond donors (Lipinski definition) is 5. The summed E-state index contributed by atoms with van der Waals surface area (Å²) < 4.78 is 1.61. The predicted molar refractivity (Wildman–Crippen MR) is 147 cm³/mol. The van der Waals surface area contributed by atoms with E-state index in [2.05, 4.69) is 15.7 Å². The number of carbonyl (C=O) groups excluding carboxylic acids is 1. The van der Waals surface area contributed by atoms with Gasteiger partial charge in [-0.15, -0.1) is 5.73 Å². The highest BCUT2D eigenvalue weighted by atomic mass is 16.4. The van der Waals surface area contributed by atoms with Crippen LogP contribution in [0.1, 0.15) is 38.8 Å². The van der Waals surface area contributed by atoms with Gasteiger partial charge < -0.3 is 15.3 Å². The number of nitrogens with one attached hydrogen (secondary N) is 2. The molecule has 4 rings (SSSR count). The molecule has 0 spiro atoms. The number of aromatic amines is 2. The molecule has 0 aliphatic rings. The second-order valence-corrected chi connectivity index (χ2v) is 8.46. The van der Waals surface area contributed by atoms with Crippen LogP contribution in [0.25, 0.3) is 23.5 Å². The summed E-state index contributed by atoms with van der Waals surface area (Å²) in [4.78, 5) is 76.0. The van der Waals surface area contributed by atoms with Crippen molar-refractivity contribution in [2.75, 3.05) is 0 Å². The molecule has 2 aromatic carbocycles. The van der Waals surface area contributed by atoms with Crippen LogP contribution in [0.3, 0.4) is 0 Å². The lowest BCUT2D eigenvalue weighted by Gasteiger charge is -2.10. The Labute approximate surface area is 228 Å². The second-order valence-electron chi connectivity index (χ2n) is 8.46. The van der Waals surface area contributed by atoms with Gasteiger partial charge in [-0.2, -0.15) is 0 Å². The van der Waals surface area contributed by atoms with E-state index in [9.17, 15) is 39.0 Å². The molecule has 41 heavy (non-hydrogen) atoms. The summed E-state index contributed by atoms with van der Waals surface area (Å²) >= 11 is 0. The van der Waals surface area contributed by atoms with Crippen LogP contribution >= 0.6 is 0 Å². The highest BCUT2D eigenvalue weighted by Crippen LogP contribution is 2.19. The molecule has 0 radical (unpaired) electrons. The molecule has 0 bridgehead atoms. The number of aromatic nitrogens is 4. The lowest BCUT2D eigenvalue weighted by atomic mass is 10.1. The van der Waals surface area contributed by atoms with Crippen molar-refractivity contribution in [3.63, 3.8) is 0 Å². The Morgan fingerprint density at radius 3 is 1.71 bits per heavy atom. The van der Waals surface area contributed by atoms with Crippen molar-refractivity contribution in [2.24, 2.45) is 0 Å². The van der Waals surface area contributed by atoms with E-state index in [-0.39, 0.29) is 33.8 Å². The highest BCUT2D eigenvalue weighted by Gasteiger charge is 2.15. The first kappa shape index (κ1) is 27.8. The smallest absolute Gasteiger partial charge is 0.335 e. The van der Waals surface area contributed by atoms with Crippen molar-refractivity contribution in [1.82, 2.24) is 19.1 Å². The number of nitrogens with zero attached hydrogens (tertiary/aromatic N) is 2. The van der Waals surface area contributed by atoms with Gasteiger partial charge in [-0.05, 0) is 73.7 Å². The largest absolute Gasteiger partial charge is 0.494 e. The number of carbonyl (C=O) groups is 2. The Balaban J connectivity index is 1.67. The highest BCUT2D eigenvalue weighted by molar-refractivity contribution is 5.94. The Bertz CT molecular complexity index is 2020. The molecule has 0 fully saturated rings. The Hall–Kier alpha value is -6.20. The average Bonchev–Trinajstić information content (AvgIpc) is 2.92. The first-order valence-electron chi connectivity index (χ1n) is 11.7. The molecule has 0 amide bonds. The summed E-state index contributed by atoms with van der Waals surface area (Å²) in [5.74, 6) is -2.78. The third-order valence-corrected chi connectivity index (χ3v) is 5.83. The number of aromatic carboxylic acids is 1. The third kappa shape index (κ3) is 5.65. The van der Waals surface area contributed by atoms with E-state index in [4.69, 9.17) is 5.11 Å². The third-order valence-electron chi connectivity index (χ3n) is 5.83. The summed E-state index contributed by atoms with van der Waals surface area (Å²) in [6.45, 7) is 1.37. The fourth-order valence-electron chi connectivity index (χ4n) is 3.77. The van der Waals surface area contributed by atoms with E-state index in [1.807, 2.05) is 0 Å². The molecule has 0 unspecified atom stereocenters. The van der Waals surface area contributed by atoms with Gasteiger partial charge in [-0.3, -0.25) is 24.4 Å². The number of carboxylic acid groups (broad SMARTS) is 1. The van der Waals surface area contributed by atoms with E-state index in [1.165, 1.54) is 67.6 Å². The molecule has 0 saturated heterocycles. The van der Waals surface area contributed by atoms with Gasteiger partial charge in [0, 0.05) is 5.56 Å². The minimum atomic E-state index is -1.18. The molecule has 13 nitrogen and oxygen atoms in total. The summed E-state index contributed by atoms with van der Waals surface area (Å²) in [7, 11) is 0. The molecule has 2 aromatic heterocycles. The summed E-state index contributed by atoms with van der Waals surface area (Å²) in [5.41, 5.74) is -1.08. The van der Waals surface area contributed by atoms with E-state index >= 15 is 0 Å². The van der Waals surface area contributed by atoms with Crippen molar-refractivity contribution in [2.45, 2.75) is 6.92 Å². The summed E-state index contributed by atoms with van der Waals surface area (Å²) in [5, 5.41) is 30.3. The van der Waals surface area contributed by atoms with Crippen molar-refractivity contribution in [1.29, 1.82) is 0 Å². The summed E-state index contributed by atoms with van der Waals surface area (Å²) in [6.07, 6.45) is 4.71. The van der Waals surface area contributed by atoms with Crippen LogP contribution in [0.4, 0.5) is 0 Å². The van der Waals surface area contributed by atoms with Crippen LogP contribution < -0.4 is 22.5 Å². The quantitative estimate of drug-likeness (QED) is 0.127. The number of allylic oxidation sites excluding steroid dienone is 2. The van der Waals surface area contributed by atoms with Crippen LogP contribution in [-0.4, -0.2) is 46.2 Å². The van der Waals surface area contributed by atoms with Gasteiger partial charge in [0.25, 0.3) is 11.1 Å². The van der Waals surface area contributed by atoms with E-state index < -0.39 is 40.2 Å². The number of aromatic hydroxyl groups is 2. The number of benzene rings is 2. The van der Waals surface area contributed by atoms with Gasteiger partial charge in [0.1, 0.15) is 11.1 Å². The molecular weight excluding hydrogens is 536 g/mol. The molecule has 0 aliphatic heterocycles. The number of carboxylic acids is 1. The van der Waals surface area contributed by atoms with Gasteiger partial charge in [0.05, 0.1) is 16.9 Å². The fourth-order valence-corrected chi connectivity index (χ4v) is 3.77. The molecule has 206 valence electrons. The molecule has 2 heterocycles. The fraction of sp³-hybridized carbons (Fsp3) is 0.0357. The van der Waals surface area contributed by atoms with Crippen molar-refractivity contribution in [3.05, 3.63) is 130 Å². The minimum Gasteiger partial charge on any atom is -0.494 e. The van der Waals surface area contributed by atoms with Crippen molar-refractivity contribution in [3.8, 4) is 23.1 Å². The molecule has 5 N–H and O–H groups in total. The SMILES string of the molecule is CC(=O)c1ccc(-n2c(O)c(C=C=CC=Cc3c(O)n(-c4ccc(C(=O)O)cc4)c(=O)[nH]c3=O)c(=O)[nH]c2=O)cc1. The molecule has 0 aliphatic carbocycles. The van der Waals surface area contributed by atoms with Crippen molar-refractivity contribution >= 4 is 23.9 Å². The van der Waals surface area contributed by atoms with E-state index in [0.29, 0.717) is 5.56 Å². The number of Topliss-reactive ketones (excluding diaryl/α,β-unsaturated/α-hetero) is 1. The van der Waals surface area contributed by atoms with E-state index in [0.717, 1.165) is 21.3 Å². The topological polar surface area (TPSA) is 205 Å². The lowest BCUT2D eigenvalue weighted by Crippen LogP contribution is -2.30. The number of ketones is 1. The number of hydrogen-bond acceptors (Lipinski definition) is 8. The van der Waals surface area contributed by atoms with Crippen molar-refractivity contribution < 1.29 is 24.9 Å². The molecule has 0 saturated carbocycles. The monoisotopic (exact) mass is 556 g/mol. The van der Waals surface area contributed by atoms with Crippen LogP contribution in [0.2, 0.25) is 0 Å². The van der Waals surface area contributed by atoms with Gasteiger partial charge in [-0.1, -0.05) is 6.08 Å². The predicted octanol–water partition coefficient (Wildman–Crippen LogP) is 1.56. The van der Waals surface area contributed by atoms with Gasteiger partial charge in [0.2, 0.25) is 11.8 Å². The lowest BCUT2D eigenvalue weighted by molar-refractivity contribution is 0.0696. The first-order valence-corrected chi connectivity index (χ1v) is 11.7.